The lowest BCUT2D eigenvalue weighted by molar-refractivity contribution is 0.283. The van der Waals surface area contributed by atoms with E-state index in [1.165, 1.54) is 11.3 Å². The normalized spacial score (nSPS) is 16.0. The number of hydrogen-bond acceptors (Lipinski definition) is 5. The van der Waals surface area contributed by atoms with Crippen LogP contribution in [0.4, 0.5) is 5.95 Å². The van der Waals surface area contributed by atoms with Gasteiger partial charge in [0.2, 0.25) is 5.95 Å². The van der Waals surface area contributed by atoms with Crippen molar-refractivity contribution in [2.24, 2.45) is 0 Å². The van der Waals surface area contributed by atoms with Crippen LogP contribution in [0.2, 0.25) is 18.1 Å². The summed E-state index contributed by atoms with van der Waals surface area (Å²) < 4.78 is 6.37. The first-order valence-corrected chi connectivity index (χ1v) is 14.4. The standard InChI is InChI=1S/C25H38N4OSi/c1-25(2,3)31(4,5)30-21-10-9-14-23(22-12-7-6-8-13-22)28-17-19-29(20-18-28)24-26-15-11-16-27-24/h6-8,11-16H,9-10,17-21H2,1-5H3/b23-14+. The molecule has 1 aromatic heterocycles. The Morgan fingerprint density at radius 2 is 1.65 bits per heavy atom. The fraction of sp³-hybridized carbons (Fsp3) is 0.520. The highest BCUT2D eigenvalue weighted by Crippen LogP contribution is 2.36. The van der Waals surface area contributed by atoms with E-state index in [9.17, 15) is 0 Å². The zero-order chi connectivity index (χ0) is 22.3. The van der Waals surface area contributed by atoms with Crippen molar-refractivity contribution in [3.63, 3.8) is 0 Å². The number of unbranched alkanes of at least 4 members (excludes halogenated alkanes) is 1. The molecule has 0 amide bonds. The molecule has 0 radical (unpaired) electrons. The summed E-state index contributed by atoms with van der Waals surface area (Å²) >= 11 is 0. The molecule has 168 valence electrons. The fourth-order valence-corrected chi connectivity index (χ4v) is 4.59. The summed E-state index contributed by atoms with van der Waals surface area (Å²) in [5.41, 5.74) is 2.62. The fourth-order valence-electron chi connectivity index (χ4n) is 3.51. The van der Waals surface area contributed by atoms with E-state index in [0.717, 1.165) is 51.6 Å². The van der Waals surface area contributed by atoms with E-state index in [4.69, 9.17) is 4.43 Å². The Morgan fingerprint density at radius 3 is 2.26 bits per heavy atom. The maximum absolute atomic E-state index is 6.37. The molecule has 1 aliphatic rings. The molecule has 3 rings (SSSR count). The molecule has 0 bridgehead atoms. The van der Waals surface area contributed by atoms with E-state index in [1.54, 1.807) is 0 Å². The minimum absolute atomic E-state index is 0.264. The second kappa shape index (κ2) is 10.4. The predicted molar refractivity (Wildman–Crippen MR) is 133 cm³/mol. The zero-order valence-electron chi connectivity index (χ0n) is 19.8. The van der Waals surface area contributed by atoms with Gasteiger partial charge in [-0.1, -0.05) is 57.2 Å². The van der Waals surface area contributed by atoms with Crippen LogP contribution in [0, 0.1) is 0 Å². The summed E-state index contributed by atoms with van der Waals surface area (Å²) in [6.07, 6.45) is 8.12. The highest BCUT2D eigenvalue weighted by molar-refractivity contribution is 6.74. The molecule has 0 aliphatic carbocycles. The van der Waals surface area contributed by atoms with Crippen molar-refractivity contribution in [2.45, 2.75) is 51.7 Å². The number of benzene rings is 1. The maximum atomic E-state index is 6.37. The van der Waals surface area contributed by atoms with E-state index in [-0.39, 0.29) is 5.04 Å². The van der Waals surface area contributed by atoms with Gasteiger partial charge in [-0.05, 0) is 42.6 Å². The van der Waals surface area contributed by atoms with Crippen LogP contribution in [0.15, 0.2) is 54.9 Å². The van der Waals surface area contributed by atoms with E-state index >= 15 is 0 Å². The zero-order valence-corrected chi connectivity index (χ0v) is 20.8. The number of anilines is 1. The van der Waals surface area contributed by atoms with Crippen molar-refractivity contribution in [3.05, 3.63) is 60.4 Å². The number of allylic oxidation sites excluding steroid dienone is 1. The minimum atomic E-state index is -1.67. The number of piperazine rings is 1. The van der Waals surface area contributed by atoms with E-state index < -0.39 is 8.32 Å². The Bertz CT molecular complexity index is 826. The lowest BCUT2D eigenvalue weighted by Gasteiger charge is -2.37. The molecule has 2 heterocycles. The van der Waals surface area contributed by atoms with Gasteiger partial charge >= 0.3 is 0 Å². The number of aromatic nitrogens is 2. The van der Waals surface area contributed by atoms with Crippen LogP contribution in [0.25, 0.3) is 5.70 Å². The monoisotopic (exact) mass is 438 g/mol. The van der Waals surface area contributed by atoms with Gasteiger partial charge in [0.05, 0.1) is 0 Å². The predicted octanol–water partition coefficient (Wildman–Crippen LogP) is 5.44. The van der Waals surface area contributed by atoms with Gasteiger partial charge in [-0.25, -0.2) is 9.97 Å². The molecule has 1 fully saturated rings. The second-order valence-electron chi connectivity index (χ2n) is 9.73. The smallest absolute Gasteiger partial charge is 0.225 e. The van der Waals surface area contributed by atoms with Crippen molar-refractivity contribution in [3.8, 4) is 0 Å². The lowest BCUT2D eigenvalue weighted by atomic mass is 10.1. The quantitative estimate of drug-likeness (QED) is 0.405. The summed E-state index contributed by atoms with van der Waals surface area (Å²) in [7, 11) is -1.67. The maximum Gasteiger partial charge on any atom is 0.225 e. The summed E-state index contributed by atoms with van der Waals surface area (Å²) in [6, 6.07) is 12.6. The van der Waals surface area contributed by atoms with Crippen molar-refractivity contribution in [1.82, 2.24) is 14.9 Å². The highest BCUT2D eigenvalue weighted by atomic mass is 28.4. The SMILES string of the molecule is CC(C)(C)[Si](C)(C)OCCC/C=C(\c1ccccc1)N1CCN(c2ncccn2)CC1. The molecule has 2 aromatic rings. The van der Waals surface area contributed by atoms with Crippen LogP contribution in [0.1, 0.15) is 39.2 Å². The Hall–Kier alpha value is -2.18. The van der Waals surface area contributed by atoms with E-state index in [0.29, 0.717) is 0 Å². The topological polar surface area (TPSA) is 41.5 Å². The van der Waals surface area contributed by atoms with Crippen LogP contribution >= 0.6 is 0 Å². The molecule has 0 saturated carbocycles. The Morgan fingerprint density at radius 1 is 1.00 bits per heavy atom. The third-order valence-corrected chi connectivity index (χ3v) is 11.0. The average molecular weight is 439 g/mol. The van der Waals surface area contributed by atoms with Gasteiger partial charge in [-0.15, -0.1) is 0 Å². The van der Waals surface area contributed by atoms with E-state index in [1.807, 2.05) is 18.5 Å². The van der Waals surface area contributed by atoms with Crippen molar-refractivity contribution >= 4 is 20.0 Å². The largest absolute Gasteiger partial charge is 0.417 e. The number of hydrogen-bond donors (Lipinski definition) is 0. The first kappa shape index (κ1) is 23.5. The third kappa shape index (κ3) is 6.40. The van der Waals surface area contributed by atoms with Crippen LogP contribution < -0.4 is 4.90 Å². The molecule has 1 aliphatic heterocycles. The summed E-state index contributed by atoms with van der Waals surface area (Å²) in [5, 5.41) is 0.264. The number of nitrogens with zero attached hydrogens (tertiary/aromatic N) is 4. The molecule has 5 nitrogen and oxygen atoms in total. The van der Waals surface area contributed by atoms with Crippen LogP contribution in [0.5, 0.6) is 0 Å². The molecule has 0 unspecified atom stereocenters. The number of rotatable bonds is 8. The molecule has 0 N–H and O–H groups in total. The molecular formula is C25H38N4OSi. The van der Waals surface area contributed by atoms with Gasteiger partial charge in [-0.3, -0.25) is 0 Å². The van der Waals surface area contributed by atoms with Gasteiger partial charge in [0.15, 0.2) is 8.32 Å². The molecule has 0 atom stereocenters. The Kier molecular flexibility index (Phi) is 7.89. The van der Waals surface area contributed by atoms with Crippen LogP contribution in [0.3, 0.4) is 0 Å². The van der Waals surface area contributed by atoms with Crippen LogP contribution in [-0.2, 0) is 4.43 Å². The van der Waals surface area contributed by atoms with Crippen molar-refractivity contribution in [1.29, 1.82) is 0 Å². The molecule has 1 aromatic carbocycles. The van der Waals surface area contributed by atoms with Gasteiger partial charge in [0.25, 0.3) is 0 Å². The molecule has 6 heteroatoms. The highest BCUT2D eigenvalue weighted by Gasteiger charge is 2.36. The first-order chi connectivity index (χ1) is 14.8. The van der Waals surface area contributed by atoms with Crippen LogP contribution in [-0.4, -0.2) is 56.0 Å². The Balaban J connectivity index is 1.60. The second-order valence-corrected chi connectivity index (χ2v) is 14.5. The van der Waals surface area contributed by atoms with Crippen molar-refractivity contribution in [2.75, 3.05) is 37.7 Å². The van der Waals surface area contributed by atoms with E-state index in [2.05, 4.69) is 90.0 Å². The average Bonchev–Trinajstić information content (AvgIpc) is 2.77. The molecule has 1 saturated heterocycles. The third-order valence-electron chi connectivity index (χ3n) is 6.48. The molecule has 0 spiro atoms. The van der Waals surface area contributed by atoms with Gasteiger partial charge in [0.1, 0.15) is 0 Å². The first-order valence-electron chi connectivity index (χ1n) is 11.4. The minimum Gasteiger partial charge on any atom is -0.417 e. The Labute approximate surface area is 189 Å². The van der Waals surface area contributed by atoms with Gasteiger partial charge < -0.3 is 14.2 Å². The summed E-state index contributed by atoms with van der Waals surface area (Å²) in [6.45, 7) is 16.2. The van der Waals surface area contributed by atoms with Gasteiger partial charge in [0, 0.05) is 50.9 Å². The molecule has 31 heavy (non-hydrogen) atoms. The summed E-state index contributed by atoms with van der Waals surface area (Å²) in [4.78, 5) is 13.6. The molecular weight excluding hydrogens is 400 g/mol. The lowest BCUT2D eigenvalue weighted by Crippen LogP contribution is -2.46. The summed E-state index contributed by atoms with van der Waals surface area (Å²) in [5.74, 6) is 0.829. The van der Waals surface area contributed by atoms with Gasteiger partial charge in [-0.2, -0.15) is 0 Å². The van der Waals surface area contributed by atoms with Crippen molar-refractivity contribution < 1.29 is 4.43 Å².